The fourth-order valence-electron chi connectivity index (χ4n) is 5.29. The summed E-state index contributed by atoms with van der Waals surface area (Å²) in [6.45, 7) is 2.88. The molecule has 2 aromatic heterocycles. The van der Waals surface area contributed by atoms with E-state index in [2.05, 4.69) is 40.1 Å². The van der Waals surface area contributed by atoms with E-state index in [1.165, 1.54) is 12.1 Å². The van der Waals surface area contributed by atoms with Gasteiger partial charge in [-0.2, -0.15) is 18.3 Å². The van der Waals surface area contributed by atoms with E-state index in [-0.39, 0.29) is 16.6 Å². The number of benzene rings is 4. The van der Waals surface area contributed by atoms with Crippen LogP contribution >= 0.6 is 0 Å². The van der Waals surface area contributed by atoms with Crippen molar-refractivity contribution in [3.63, 3.8) is 0 Å². The van der Waals surface area contributed by atoms with Crippen molar-refractivity contribution >= 4 is 27.5 Å². The van der Waals surface area contributed by atoms with Crippen LogP contribution < -0.4 is 5.32 Å². The van der Waals surface area contributed by atoms with Gasteiger partial charge in [-0.15, -0.1) is 0 Å². The molecule has 0 radical (unpaired) electrons. The first-order valence-corrected chi connectivity index (χ1v) is 13.2. The normalized spacial score (nSPS) is 12.0. The van der Waals surface area contributed by atoms with Crippen LogP contribution in [0.15, 0.2) is 85.1 Å². The Bertz CT molecular complexity index is 1910. The minimum Gasteiger partial charge on any atom is -0.381 e. The van der Waals surface area contributed by atoms with Crippen molar-refractivity contribution in [2.45, 2.75) is 32.7 Å². The summed E-state index contributed by atoms with van der Waals surface area (Å²) in [7, 11) is 0. The van der Waals surface area contributed by atoms with Gasteiger partial charge in [-0.05, 0) is 54.3 Å². The summed E-state index contributed by atoms with van der Waals surface area (Å²) in [5.41, 5.74) is 1.75. The lowest BCUT2D eigenvalue weighted by atomic mass is 10.0. The minimum atomic E-state index is -4.70. The van der Waals surface area contributed by atoms with E-state index < -0.39 is 41.3 Å². The molecule has 0 amide bonds. The summed E-state index contributed by atoms with van der Waals surface area (Å²) >= 11 is 0. The smallest absolute Gasteiger partial charge is 0.381 e. The second kappa shape index (κ2) is 10.6. The number of nitrogens with zero attached hydrogens (tertiary/aromatic N) is 3. The first-order valence-electron chi connectivity index (χ1n) is 13.2. The third-order valence-corrected chi connectivity index (χ3v) is 7.30. The average Bonchev–Trinajstić information content (AvgIpc) is 3.53. The van der Waals surface area contributed by atoms with Crippen LogP contribution in [-0.2, 0) is 25.8 Å². The zero-order chi connectivity index (χ0) is 29.6. The first kappa shape index (κ1) is 27.4. The molecule has 0 spiro atoms. The summed E-state index contributed by atoms with van der Waals surface area (Å²) in [6, 6.07) is 19.9. The second-order valence-corrected chi connectivity index (χ2v) is 9.98. The fourth-order valence-corrected chi connectivity index (χ4v) is 5.29. The zero-order valence-corrected chi connectivity index (χ0v) is 22.3. The van der Waals surface area contributed by atoms with Crippen molar-refractivity contribution < 1.29 is 26.3 Å². The Morgan fingerprint density at radius 2 is 1.62 bits per heavy atom. The minimum absolute atomic E-state index is 0.163. The molecule has 0 unspecified atom stereocenters. The van der Waals surface area contributed by atoms with Gasteiger partial charge < -0.3 is 9.88 Å². The molecule has 0 atom stereocenters. The van der Waals surface area contributed by atoms with Crippen molar-refractivity contribution in [3.05, 3.63) is 119 Å². The second-order valence-electron chi connectivity index (χ2n) is 9.98. The van der Waals surface area contributed by atoms with Gasteiger partial charge in [-0.1, -0.05) is 30.3 Å². The van der Waals surface area contributed by atoms with Gasteiger partial charge in [0, 0.05) is 59.1 Å². The van der Waals surface area contributed by atoms with E-state index in [9.17, 15) is 26.3 Å². The Morgan fingerprint density at radius 1 is 0.857 bits per heavy atom. The van der Waals surface area contributed by atoms with Crippen molar-refractivity contribution in [1.29, 1.82) is 0 Å². The van der Waals surface area contributed by atoms with E-state index in [1.54, 1.807) is 18.2 Å². The molecule has 1 N–H and O–H groups in total. The molecule has 4 nitrogen and oxygen atoms in total. The third-order valence-electron chi connectivity index (χ3n) is 7.30. The summed E-state index contributed by atoms with van der Waals surface area (Å²) in [4.78, 5) is 0. The van der Waals surface area contributed by atoms with Gasteiger partial charge in [0.1, 0.15) is 23.0 Å². The third kappa shape index (κ3) is 5.08. The molecule has 0 aliphatic heterocycles. The van der Waals surface area contributed by atoms with Gasteiger partial charge in [-0.25, -0.2) is 13.2 Å². The van der Waals surface area contributed by atoms with Crippen LogP contribution in [0.2, 0.25) is 0 Å². The van der Waals surface area contributed by atoms with Crippen LogP contribution in [0.4, 0.5) is 32.0 Å². The van der Waals surface area contributed by atoms with Gasteiger partial charge in [0.15, 0.2) is 0 Å². The zero-order valence-electron chi connectivity index (χ0n) is 22.3. The van der Waals surface area contributed by atoms with Crippen LogP contribution in [0.25, 0.3) is 33.1 Å². The highest BCUT2D eigenvalue weighted by molar-refractivity contribution is 5.96. The van der Waals surface area contributed by atoms with E-state index in [4.69, 9.17) is 0 Å². The van der Waals surface area contributed by atoms with Crippen LogP contribution in [0, 0.1) is 17.5 Å². The monoisotopic (exact) mass is 578 g/mol. The van der Waals surface area contributed by atoms with E-state index in [0.29, 0.717) is 29.9 Å². The molecule has 0 aliphatic rings. The maximum absolute atomic E-state index is 14.6. The molecule has 0 saturated heterocycles. The molecule has 2 heterocycles. The van der Waals surface area contributed by atoms with Crippen molar-refractivity contribution in [2.24, 2.45) is 0 Å². The Hall–Kier alpha value is -4.73. The highest BCUT2D eigenvalue weighted by atomic mass is 19.4. The molecule has 4 aromatic carbocycles. The molecule has 6 rings (SSSR count). The van der Waals surface area contributed by atoms with Crippen LogP contribution in [0.5, 0.6) is 0 Å². The molecule has 0 fully saturated rings. The molecule has 10 heteroatoms. The number of alkyl halides is 3. The number of halogens is 6. The standard InChI is InChI=1S/C32H24F6N4/c1-2-41-12-11-20-13-19(9-10-29(20)41)17-39-23-6-3-5-21(14-23)31-24-7-4-8-26(32(36,37)38)30(24)40-42(31)18-25-27(34)15-22(33)16-28(25)35/h3-16,39H,2,17-18H2,1H3. The van der Waals surface area contributed by atoms with Crippen molar-refractivity contribution in [2.75, 3.05) is 5.32 Å². The Morgan fingerprint density at radius 3 is 2.36 bits per heavy atom. The number of anilines is 1. The van der Waals surface area contributed by atoms with E-state index in [1.807, 2.05) is 18.3 Å². The van der Waals surface area contributed by atoms with Crippen LogP contribution in [0.1, 0.15) is 23.6 Å². The fraction of sp³-hybridized carbons (Fsp3) is 0.156. The lowest BCUT2D eigenvalue weighted by Crippen LogP contribution is -2.09. The number of nitrogens with one attached hydrogen (secondary N) is 1. The molecule has 6 aromatic rings. The van der Waals surface area contributed by atoms with Gasteiger partial charge in [0.25, 0.3) is 0 Å². The summed E-state index contributed by atoms with van der Waals surface area (Å²) < 4.78 is 87.6. The molecule has 0 saturated carbocycles. The largest absolute Gasteiger partial charge is 0.418 e. The maximum atomic E-state index is 14.6. The topological polar surface area (TPSA) is 34.8 Å². The molecule has 0 bridgehead atoms. The summed E-state index contributed by atoms with van der Waals surface area (Å²) in [5, 5.41) is 8.79. The first-order chi connectivity index (χ1) is 20.1. The SMILES string of the molecule is CCn1ccc2cc(CNc3cccc(-c4c5cccc(C(F)(F)F)c5nn4Cc4c(F)cc(F)cc4F)c3)ccc21. The number of rotatable bonds is 7. The average molecular weight is 579 g/mol. The van der Waals surface area contributed by atoms with E-state index >= 15 is 0 Å². The van der Waals surface area contributed by atoms with Crippen molar-refractivity contribution in [1.82, 2.24) is 14.3 Å². The molecular weight excluding hydrogens is 554 g/mol. The summed E-state index contributed by atoms with van der Waals surface area (Å²) in [5.74, 6) is -3.41. The number of aryl methyl sites for hydroxylation is 1. The predicted molar refractivity (Wildman–Crippen MR) is 151 cm³/mol. The van der Waals surface area contributed by atoms with Gasteiger partial charge in [-0.3, -0.25) is 4.68 Å². The summed E-state index contributed by atoms with van der Waals surface area (Å²) in [6.07, 6.45) is -2.67. The Kier molecular flexibility index (Phi) is 6.92. The molecule has 214 valence electrons. The van der Waals surface area contributed by atoms with Gasteiger partial charge in [0.2, 0.25) is 0 Å². The van der Waals surface area contributed by atoms with Crippen LogP contribution in [0.3, 0.4) is 0 Å². The van der Waals surface area contributed by atoms with Gasteiger partial charge in [0.05, 0.1) is 17.8 Å². The number of hydrogen-bond donors (Lipinski definition) is 1. The number of aromatic nitrogens is 3. The molecule has 0 aliphatic carbocycles. The number of fused-ring (bicyclic) bond motifs is 2. The van der Waals surface area contributed by atoms with Crippen molar-refractivity contribution in [3.8, 4) is 11.3 Å². The van der Waals surface area contributed by atoms with Gasteiger partial charge >= 0.3 is 6.18 Å². The van der Waals surface area contributed by atoms with E-state index in [0.717, 1.165) is 33.8 Å². The quantitative estimate of drug-likeness (QED) is 0.192. The highest BCUT2D eigenvalue weighted by Gasteiger charge is 2.34. The highest BCUT2D eigenvalue weighted by Crippen LogP contribution is 2.39. The lowest BCUT2D eigenvalue weighted by molar-refractivity contribution is -0.136. The Balaban J connectivity index is 1.40. The Labute approximate surface area is 236 Å². The van der Waals surface area contributed by atoms with Crippen LogP contribution in [-0.4, -0.2) is 14.3 Å². The number of hydrogen-bond acceptors (Lipinski definition) is 2. The molecule has 42 heavy (non-hydrogen) atoms. The lowest BCUT2D eigenvalue weighted by Gasteiger charge is -2.12. The molecular formula is C32H24F6N4. The maximum Gasteiger partial charge on any atom is 0.418 e. The predicted octanol–water partition coefficient (Wildman–Crippen LogP) is 8.77.